The fourth-order valence-corrected chi connectivity index (χ4v) is 1.36. The van der Waals surface area contributed by atoms with Gasteiger partial charge in [-0.2, -0.15) is 0 Å². The molecule has 1 rings (SSSR count). The number of hydrogen-bond donors (Lipinski definition) is 1. The third-order valence-electron chi connectivity index (χ3n) is 1.44. The van der Waals surface area contributed by atoms with Crippen LogP contribution in [0.3, 0.4) is 0 Å². The summed E-state index contributed by atoms with van der Waals surface area (Å²) in [7, 11) is -3.82. The summed E-state index contributed by atoms with van der Waals surface area (Å²) >= 11 is 0. The van der Waals surface area contributed by atoms with Gasteiger partial charge in [-0.3, -0.25) is 4.89 Å². The van der Waals surface area contributed by atoms with Crippen LogP contribution in [0.2, 0.25) is 0 Å². The van der Waals surface area contributed by atoms with Crippen LogP contribution < -0.4 is 4.89 Å². The van der Waals surface area contributed by atoms with Crippen LogP contribution in [0.5, 0.6) is 0 Å². The largest absolute Gasteiger partial charge is 0.775 e. The Labute approximate surface area is 70.9 Å². The molecular formula is C7H8NO3S-. The molecule has 0 aliphatic rings. The summed E-state index contributed by atoms with van der Waals surface area (Å²) in [4.78, 5) is 0.988. The molecule has 5 heteroatoms. The molecule has 12 heavy (non-hydrogen) atoms. The van der Waals surface area contributed by atoms with E-state index in [1.54, 1.807) is 12.1 Å². The summed E-state index contributed by atoms with van der Waals surface area (Å²) < 4.78 is 21.8. The van der Waals surface area contributed by atoms with E-state index in [2.05, 4.69) is 0 Å². The molecule has 0 saturated carbocycles. The highest BCUT2D eigenvalue weighted by Gasteiger charge is 2.06. The van der Waals surface area contributed by atoms with Gasteiger partial charge in [0.1, 0.15) is 0 Å². The lowest BCUT2D eigenvalue weighted by atomic mass is 10.2. The SMILES string of the molecule is Cc1ccc(S(=O)(=O)N[O-])cc1. The summed E-state index contributed by atoms with van der Waals surface area (Å²) in [5, 5.41) is 10.00. The van der Waals surface area contributed by atoms with Crippen LogP contribution in [0.25, 0.3) is 0 Å². The van der Waals surface area contributed by atoms with Crippen molar-refractivity contribution in [3.05, 3.63) is 35.0 Å². The average molecular weight is 186 g/mol. The molecule has 0 aliphatic carbocycles. The molecule has 0 saturated heterocycles. The van der Waals surface area contributed by atoms with E-state index in [0.29, 0.717) is 0 Å². The third kappa shape index (κ3) is 1.82. The maximum Gasteiger partial charge on any atom is 0.229 e. The number of benzene rings is 1. The van der Waals surface area contributed by atoms with Gasteiger partial charge in [-0.15, -0.1) is 0 Å². The van der Waals surface area contributed by atoms with Crippen molar-refractivity contribution in [3.63, 3.8) is 0 Å². The Bertz CT molecular complexity index is 355. The lowest BCUT2D eigenvalue weighted by molar-refractivity contribution is 0.590. The Morgan fingerprint density at radius 1 is 1.25 bits per heavy atom. The zero-order valence-electron chi connectivity index (χ0n) is 6.44. The number of sulfonamides is 1. The first-order valence-electron chi connectivity index (χ1n) is 3.27. The Morgan fingerprint density at radius 3 is 2.17 bits per heavy atom. The summed E-state index contributed by atoms with van der Waals surface area (Å²) in [6, 6.07) is 6.03. The number of aryl methyl sites for hydroxylation is 1. The maximum atomic E-state index is 10.9. The molecule has 0 heterocycles. The Balaban J connectivity index is 3.14. The minimum atomic E-state index is -3.82. The van der Waals surface area contributed by atoms with Gasteiger partial charge in [0.2, 0.25) is 10.0 Å². The van der Waals surface area contributed by atoms with Crippen molar-refractivity contribution in [1.29, 1.82) is 0 Å². The molecule has 0 aromatic heterocycles. The van der Waals surface area contributed by atoms with Crippen LogP contribution >= 0.6 is 0 Å². The van der Waals surface area contributed by atoms with Crippen LogP contribution in [0, 0.1) is 12.1 Å². The normalized spacial score (nSPS) is 11.5. The minimum absolute atomic E-state index is 0.0110. The average Bonchev–Trinajstić information content (AvgIpc) is 2.05. The van der Waals surface area contributed by atoms with Gasteiger partial charge < -0.3 is 5.21 Å². The van der Waals surface area contributed by atoms with E-state index in [-0.39, 0.29) is 4.90 Å². The molecule has 1 aromatic carbocycles. The first kappa shape index (κ1) is 9.18. The van der Waals surface area contributed by atoms with Gasteiger partial charge >= 0.3 is 0 Å². The highest BCUT2D eigenvalue weighted by molar-refractivity contribution is 7.89. The second-order valence-corrected chi connectivity index (χ2v) is 4.04. The zero-order chi connectivity index (χ0) is 9.19. The Morgan fingerprint density at radius 2 is 1.75 bits per heavy atom. The van der Waals surface area contributed by atoms with E-state index >= 15 is 0 Å². The van der Waals surface area contributed by atoms with Gasteiger partial charge in [0.05, 0.1) is 4.90 Å². The molecular weight excluding hydrogens is 178 g/mol. The Kier molecular flexibility index (Phi) is 2.46. The van der Waals surface area contributed by atoms with E-state index in [9.17, 15) is 13.6 Å². The van der Waals surface area contributed by atoms with Crippen molar-refractivity contribution < 1.29 is 8.42 Å². The van der Waals surface area contributed by atoms with Crippen molar-refractivity contribution in [1.82, 2.24) is 4.89 Å². The number of nitrogens with one attached hydrogen (secondary N) is 1. The van der Waals surface area contributed by atoms with Crippen molar-refractivity contribution in [2.75, 3.05) is 0 Å². The van der Waals surface area contributed by atoms with E-state index in [1.807, 2.05) is 6.92 Å². The summed E-state index contributed by atoms with van der Waals surface area (Å²) in [6.07, 6.45) is 0. The predicted molar refractivity (Wildman–Crippen MR) is 44.9 cm³/mol. The van der Waals surface area contributed by atoms with Gasteiger partial charge in [-0.25, -0.2) is 8.42 Å². The number of rotatable bonds is 2. The van der Waals surface area contributed by atoms with Crippen molar-refractivity contribution in [2.45, 2.75) is 11.8 Å². The topological polar surface area (TPSA) is 69.2 Å². The maximum absolute atomic E-state index is 10.9. The minimum Gasteiger partial charge on any atom is -0.775 e. The lowest BCUT2D eigenvalue weighted by Crippen LogP contribution is -2.16. The zero-order valence-corrected chi connectivity index (χ0v) is 7.26. The second kappa shape index (κ2) is 3.22. The van der Waals surface area contributed by atoms with Crippen LogP contribution in [0.4, 0.5) is 0 Å². The first-order chi connectivity index (χ1) is 5.56. The van der Waals surface area contributed by atoms with Crippen molar-refractivity contribution in [3.8, 4) is 0 Å². The fourth-order valence-electron chi connectivity index (χ4n) is 0.766. The fraction of sp³-hybridized carbons (Fsp3) is 0.143. The van der Waals surface area contributed by atoms with E-state index in [1.165, 1.54) is 12.1 Å². The molecule has 0 bridgehead atoms. The molecule has 0 spiro atoms. The summed E-state index contributed by atoms with van der Waals surface area (Å²) in [6.45, 7) is 1.83. The van der Waals surface area contributed by atoms with Crippen LogP contribution in [-0.4, -0.2) is 8.42 Å². The monoisotopic (exact) mass is 186 g/mol. The van der Waals surface area contributed by atoms with Gasteiger partial charge in [-0.1, -0.05) is 17.7 Å². The van der Waals surface area contributed by atoms with Gasteiger partial charge in [0.15, 0.2) is 0 Å². The van der Waals surface area contributed by atoms with Crippen molar-refractivity contribution >= 4 is 10.0 Å². The van der Waals surface area contributed by atoms with Crippen LogP contribution in [0.1, 0.15) is 5.56 Å². The molecule has 1 N–H and O–H groups in total. The van der Waals surface area contributed by atoms with Gasteiger partial charge in [0.25, 0.3) is 0 Å². The molecule has 0 radical (unpaired) electrons. The lowest BCUT2D eigenvalue weighted by Gasteiger charge is -2.08. The predicted octanol–water partition coefficient (Wildman–Crippen LogP) is 0.771. The highest BCUT2D eigenvalue weighted by atomic mass is 32.2. The molecule has 0 aliphatic heterocycles. The smallest absolute Gasteiger partial charge is 0.229 e. The van der Waals surface area contributed by atoms with E-state index in [4.69, 9.17) is 0 Å². The summed E-state index contributed by atoms with van der Waals surface area (Å²) in [5.74, 6) is 0. The molecule has 1 aromatic rings. The molecule has 0 atom stereocenters. The summed E-state index contributed by atoms with van der Waals surface area (Å²) in [5.41, 5.74) is 0.944. The highest BCUT2D eigenvalue weighted by Crippen LogP contribution is 2.08. The third-order valence-corrected chi connectivity index (χ3v) is 2.55. The molecule has 0 amide bonds. The number of hydrogen-bond acceptors (Lipinski definition) is 3. The van der Waals surface area contributed by atoms with Crippen LogP contribution in [-0.2, 0) is 10.0 Å². The standard InChI is InChI=1S/C7H8NO3S/c1-6-2-4-7(5-3-6)12(10,11)8-9/h2-5,8H,1H3/q-1. The molecule has 0 fully saturated rings. The molecule has 66 valence electrons. The van der Waals surface area contributed by atoms with Crippen LogP contribution in [0.15, 0.2) is 29.2 Å². The molecule has 4 nitrogen and oxygen atoms in total. The first-order valence-corrected chi connectivity index (χ1v) is 4.75. The molecule has 0 unspecified atom stereocenters. The van der Waals surface area contributed by atoms with Gasteiger partial charge in [0, 0.05) is 0 Å². The van der Waals surface area contributed by atoms with Gasteiger partial charge in [-0.05, 0) is 19.1 Å². The Hall–Kier alpha value is -0.910. The van der Waals surface area contributed by atoms with E-state index in [0.717, 1.165) is 10.4 Å². The quantitative estimate of drug-likeness (QED) is 0.693. The van der Waals surface area contributed by atoms with Crippen molar-refractivity contribution in [2.24, 2.45) is 0 Å². The van der Waals surface area contributed by atoms with E-state index < -0.39 is 10.0 Å². The second-order valence-electron chi connectivity index (χ2n) is 2.40.